The Morgan fingerprint density at radius 3 is 2.37 bits per heavy atom. The van der Waals surface area contributed by atoms with Crippen molar-refractivity contribution in [2.75, 3.05) is 40.9 Å². The molecule has 3 unspecified atom stereocenters. The first-order chi connectivity index (χ1) is 14.0. The standard InChI is InChI=1S/C21H43N2O6P/c1-6-8-10-11-12-13-14-20(24)19(22-21(25)15-9-7-2)18-29-30(26,27)28-17-16-23(3,4)5/h13-14,19-20,24H,6-12,15-18H2,1-5H3,(H-,22,25,26,27)/p+1/b14-13+. The number of aliphatic hydroxyl groups excluding tert-OH is 1. The van der Waals surface area contributed by atoms with E-state index in [0.717, 1.165) is 38.5 Å². The van der Waals surface area contributed by atoms with Gasteiger partial charge in [0.2, 0.25) is 5.91 Å². The molecule has 9 heteroatoms. The van der Waals surface area contributed by atoms with Crippen molar-refractivity contribution in [3.05, 3.63) is 12.2 Å². The van der Waals surface area contributed by atoms with Gasteiger partial charge >= 0.3 is 7.82 Å². The molecule has 3 N–H and O–H groups in total. The molecule has 0 aliphatic carbocycles. The SMILES string of the molecule is CCCCCC/C=C/C(O)C(COP(=O)(O)OCC[N+](C)(C)C)NC(=O)CCCC. The normalized spacial score (nSPS) is 16.4. The highest BCUT2D eigenvalue weighted by Crippen LogP contribution is 2.43. The summed E-state index contributed by atoms with van der Waals surface area (Å²) in [7, 11) is 1.55. The highest BCUT2D eigenvalue weighted by atomic mass is 31.2. The predicted molar refractivity (Wildman–Crippen MR) is 120 cm³/mol. The molecule has 0 bridgehead atoms. The molecule has 0 fully saturated rings. The number of nitrogens with one attached hydrogen (secondary N) is 1. The van der Waals surface area contributed by atoms with Gasteiger partial charge in [0.15, 0.2) is 0 Å². The van der Waals surface area contributed by atoms with Crippen LogP contribution in [0.5, 0.6) is 0 Å². The number of carbonyl (C=O) groups excluding carboxylic acids is 1. The van der Waals surface area contributed by atoms with Gasteiger partial charge in [0, 0.05) is 6.42 Å². The van der Waals surface area contributed by atoms with Crippen LogP contribution in [0.3, 0.4) is 0 Å². The lowest BCUT2D eigenvalue weighted by Crippen LogP contribution is -2.45. The summed E-state index contributed by atoms with van der Waals surface area (Å²) in [6, 6.07) is -0.830. The number of rotatable bonds is 18. The topological polar surface area (TPSA) is 105 Å². The Labute approximate surface area is 182 Å². The first-order valence-corrected chi connectivity index (χ1v) is 12.6. The molecule has 0 aromatic rings. The fourth-order valence-electron chi connectivity index (χ4n) is 2.54. The van der Waals surface area contributed by atoms with Crippen LogP contribution in [0.1, 0.15) is 65.2 Å². The number of hydrogen-bond acceptors (Lipinski definition) is 5. The predicted octanol–water partition coefficient (Wildman–Crippen LogP) is 3.39. The van der Waals surface area contributed by atoms with Crippen LogP contribution in [0.25, 0.3) is 0 Å². The van der Waals surface area contributed by atoms with Crippen molar-refractivity contribution < 1.29 is 32.9 Å². The third-order valence-electron chi connectivity index (χ3n) is 4.51. The molecule has 30 heavy (non-hydrogen) atoms. The van der Waals surface area contributed by atoms with Crippen LogP contribution in [-0.2, 0) is 18.4 Å². The van der Waals surface area contributed by atoms with E-state index < -0.39 is 20.0 Å². The van der Waals surface area contributed by atoms with Crippen molar-refractivity contribution in [1.29, 1.82) is 0 Å². The first kappa shape index (κ1) is 29.2. The van der Waals surface area contributed by atoms with E-state index in [-0.39, 0.29) is 19.1 Å². The minimum absolute atomic E-state index is 0.0605. The van der Waals surface area contributed by atoms with Gasteiger partial charge < -0.3 is 19.8 Å². The Kier molecular flexibility index (Phi) is 15.6. The minimum atomic E-state index is -4.28. The number of nitrogens with zero attached hydrogens (tertiary/aromatic N) is 1. The van der Waals surface area contributed by atoms with Crippen LogP contribution in [0.4, 0.5) is 0 Å². The Morgan fingerprint density at radius 2 is 1.77 bits per heavy atom. The van der Waals surface area contributed by atoms with Crippen LogP contribution in [0.2, 0.25) is 0 Å². The molecule has 0 aliphatic rings. The lowest BCUT2D eigenvalue weighted by molar-refractivity contribution is -0.870. The summed E-state index contributed by atoms with van der Waals surface area (Å²) < 4.78 is 22.8. The molecule has 178 valence electrons. The van der Waals surface area contributed by atoms with E-state index in [1.807, 2.05) is 34.1 Å². The molecule has 0 aliphatic heterocycles. The summed E-state index contributed by atoms with van der Waals surface area (Å²) in [5.41, 5.74) is 0. The number of phosphoric acid groups is 1. The second kappa shape index (κ2) is 16.0. The molecule has 0 spiro atoms. The van der Waals surface area contributed by atoms with Gasteiger partial charge in [-0.2, -0.15) is 0 Å². The van der Waals surface area contributed by atoms with Gasteiger partial charge in [-0.1, -0.05) is 51.7 Å². The van der Waals surface area contributed by atoms with Crippen LogP contribution in [0, 0.1) is 0 Å². The average molecular weight is 452 g/mol. The third kappa shape index (κ3) is 17.0. The van der Waals surface area contributed by atoms with Crippen LogP contribution < -0.4 is 5.32 Å². The lowest BCUT2D eigenvalue weighted by Gasteiger charge is -2.25. The molecule has 0 saturated carbocycles. The van der Waals surface area contributed by atoms with E-state index in [2.05, 4.69) is 12.2 Å². The molecule has 0 rings (SSSR count). The molecule has 0 radical (unpaired) electrons. The van der Waals surface area contributed by atoms with Gasteiger partial charge in [-0.3, -0.25) is 13.8 Å². The number of hydrogen-bond donors (Lipinski definition) is 3. The van der Waals surface area contributed by atoms with Gasteiger partial charge in [0.1, 0.15) is 13.2 Å². The Bertz CT molecular complexity index is 536. The molecule has 0 heterocycles. The molecule has 1 amide bonds. The van der Waals surface area contributed by atoms with Crippen LogP contribution in [0.15, 0.2) is 12.2 Å². The molecule has 8 nitrogen and oxygen atoms in total. The first-order valence-electron chi connectivity index (χ1n) is 11.1. The number of likely N-dealkylation sites (N-methyl/N-ethyl adjacent to an activating group) is 1. The number of amides is 1. The molecule has 0 saturated heterocycles. The maximum Gasteiger partial charge on any atom is 0.472 e. The Morgan fingerprint density at radius 1 is 1.10 bits per heavy atom. The second-order valence-electron chi connectivity index (χ2n) is 8.66. The maximum atomic E-state index is 12.1. The maximum absolute atomic E-state index is 12.1. The van der Waals surface area contributed by atoms with E-state index in [0.29, 0.717) is 17.4 Å². The fourth-order valence-corrected chi connectivity index (χ4v) is 3.28. The van der Waals surface area contributed by atoms with E-state index >= 15 is 0 Å². The largest absolute Gasteiger partial charge is 0.472 e. The summed E-state index contributed by atoms with van der Waals surface area (Å²) >= 11 is 0. The Balaban J connectivity index is 4.76. The number of carbonyl (C=O) groups is 1. The van der Waals surface area contributed by atoms with E-state index in [1.54, 1.807) is 6.08 Å². The van der Waals surface area contributed by atoms with Gasteiger partial charge in [0.25, 0.3) is 0 Å². The van der Waals surface area contributed by atoms with Gasteiger partial charge in [-0.25, -0.2) is 4.57 Å². The van der Waals surface area contributed by atoms with E-state index in [1.165, 1.54) is 6.42 Å². The van der Waals surface area contributed by atoms with Crippen molar-refractivity contribution in [3.63, 3.8) is 0 Å². The molecule has 0 aromatic heterocycles. The van der Waals surface area contributed by atoms with Gasteiger partial charge in [0.05, 0.1) is 39.9 Å². The zero-order chi connectivity index (χ0) is 23.0. The van der Waals surface area contributed by atoms with Crippen LogP contribution >= 0.6 is 7.82 Å². The second-order valence-corrected chi connectivity index (χ2v) is 10.1. The zero-order valence-electron chi connectivity index (χ0n) is 19.5. The number of aliphatic hydroxyl groups is 1. The summed E-state index contributed by atoms with van der Waals surface area (Å²) in [5.74, 6) is -0.223. The van der Waals surface area contributed by atoms with Gasteiger partial charge in [-0.15, -0.1) is 0 Å². The number of phosphoric ester groups is 1. The van der Waals surface area contributed by atoms with E-state index in [9.17, 15) is 19.4 Å². The van der Waals surface area contributed by atoms with Crippen molar-refractivity contribution in [2.24, 2.45) is 0 Å². The summed E-state index contributed by atoms with van der Waals surface area (Å²) in [5, 5.41) is 13.2. The smallest absolute Gasteiger partial charge is 0.387 e. The molecule has 3 atom stereocenters. The fraction of sp³-hybridized carbons (Fsp3) is 0.857. The van der Waals surface area contributed by atoms with E-state index in [4.69, 9.17) is 9.05 Å². The van der Waals surface area contributed by atoms with Crippen molar-refractivity contribution >= 4 is 13.7 Å². The third-order valence-corrected chi connectivity index (χ3v) is 5.49. The summed E-state index contributed by atoms with van der Waals surface area (Å²) in [4.78, 5) is 22.0. The highest BCUT2D eigenvalue weighted by molar-refractivity contribution is 7.47. The summed E-state index contributed by atoms with van der Waals surface area (Å²) in [6.45, 7) is 4.41. The average Bonchev–Trinajstić information content (AvgIpc) is 2.64. The van der Waals surface area contributed by atoms with Crippen LogP contribution in [-0.4, -0.2) is 73.4 Å². The molecular formula is C21H44N2O6P+. The van der Waals surface area contributed by atoms with Gasteiger partial charge in [-0.05, 0) is 19.3 Å². The lowest BCUT2D eigenvalue weighted by atomic mass is 10.1. The number of allylic oxidation sites excluding steroid dienone is 1. The highest BCUT2D eigenvalue weighted by Gasteiger charge is 2.27. The minimum Gasteiger partial charge on any atom is -0.387 e. The summed E-state index contributed by atoms with van der Waals surface area (Å²) in [6.07, 6.45) is 9.75. The van der Waals surface area contributed by atoms with Crippen molar-refractivity contribution in [1.82, 2.24) is 5.32 Å². The monoisotopic (exact) mass is 451 g/mol. The zero-order valence-corrected chi connectivity index (χ0v) is 20.4. The van der Waals surface area contributed by atoms with Crippen molar-refractivity contribution in [2.45, 2.75) is 77.4 Å². The van der Waals surface area contributed by atoms with Crippen molar-refractivity contribution in [3.8, 4) is 0 Å². The Hall–Kier alpha value is -0.760. The number of unbranched alkanes of at least 4 members (excludes halogenated alkanes) is 5. The number of quaternary nitrogens is 1. The quantitative estimate of drug-likeness (QED) is 0.128. The molecule has 0 aromatic carbocycles. The molecular weight excluding hydrogens is 407 g/mol.